The van der Waals surface area contributed by atoms with Crippen LogP contribution in [0.1, 0.15) is 59.3 Å². The zero-order valence-corrected chi connectivity index (χ0v) is 13.8. The lowest BCUT2D eigenvalue weighted by molar-refractivity contribution is -0.0449. The first kappa shape index (κ1) is 15.5. The van der Waals surface area contributed by atoms with E-state index >= 15 is 0 Å². The van der Waals surface area contributed by atoms with Gasteiger partial charge in [-0.05, 0) is 55.8 Å². The number of carbonyl (C=O) groups excluding carboxylic acids is 1. The molecule has 5 heteroatoms. The van der Waals surface area contributed by atoms with Gasteiger partial charge in [-0.15, -0.1) is 0 Å². The number of nitrogens with two attached hydrogens (primary N) is 1. The van der Waals surface area contributed by atoms with Crippen molar-refractivity contribution in [2.75, 3.05) is 0 Å². The Bertz CT molecular complexity index is 568. The molecule has 5 nitrogen and oxygen atoms in total. The van der Waals surface area contributed by atoms with E-state index in [0.29, 0.717) is 11.8 Å². The zero-order valence-electron chi connectivity index (χ0n) is 13.8. The van der Waals surface area contributed by atoms with E-state index in [1.54, 1.807) is 0 Å². The average molecular weight is 305 g/mol. The molecule has 2 amide bonds. The molecule has 4 atom stereocenters. The highest BCUT2D eigenvalue weighted by atomic mass is 16.3. The van der Waals surface area contributed by atoms with Crippen molar-refractivity contribution in [3.05, 3.63) is 11.1 Å². The van der Waals surface area contributed by atoms with Gasteiger partial charge in [0.2, 0.25) is 0 Å². The molecular weight excluding hydrogens is 278 g/mol. The van der Waals surface area contributed by atoms with E-state index < -0.39 is 11.6 Å². The van der Waals surface area contributed by atoms with Crippen LogP contribution in [0.2, 0.25) is 0 Å². The summed E-state index contributed by atoms with van der Waals surface area (Å²) in [4.78, 5) is 11.0. The fraction of sp³-hybridized carbons (Fsp3) is 0.765. The maximum Gasteiger partial charge on any atom is 0.332 e. The first-order valence-corrected chi connectivity index (χ1v) is 8.28. The maximum absolute atomic E-state index is 11.4. The van der Waals surface area contributed by atoms with Crippen molar-refractivity contribution >= 4 is 11.7 Å². The van der Waals surface area contributed by atoms with Gasteiger partial charge in [-0.2, -0.15) is 5.10 Å². The summed E-state index contributed by atoms with van der Waals surface area (Å²) in [5.74, 6) is 0.984. The van der Waals surface area contributed by atoms with Gasteiger partial charge in [0.15, 0.2) is 0 Å². The van der Waals surface area contributed by atoms with E-state index in [9.17, 15) is 9.90 Å². The normalized spacial score (nSPS) is 43.0. The lowest BCUT2D eigenvalue weighted by Gasteiger charge is -2.54. The van der Waals surface area contributed by atoms with E-state index in [-0.39, 0.29) is 5.41 Å². The molecule has 0 aromatic carbocycles. The van der Waals surface area contributed by atoms with Crippen molar-refractivity contribution in [2.45, 2.75) is 64.9 Å². The second-order valence-electron chi connectivity index (χ2n) is 8.24. The standard InChI is InChI=1S/C17H27N3O2/c1-10-4-12-8-16(3)6-11(2)7-17(22,9-16)14(12)13(5-10)19-20-15(18)21/h10-11,22H,4-9H2,1-3H3,(H3,18,20,21)/t10-,11+,16+,17+/m0/s1. The number of carbonyl (C=O) groups is 1. The van der Waals surface area contributed by atoms with E-state index in [2.05, 4.69) is 31.3 Å². The fourth-order valence-corrected chi connectivity index (χ4v) is 5.39. The van der Waals surface area contributed by atoms with Crippen molar-refractivity contribution < 1.29 is 9.90 Å². The average Bonchev–Trinajstić information content (AvgIpc) is 2.31. The second-order valence-corrected chi connectivity index (χ2v) is 8.24. The number of allylic oxidation sites excluding steroid dienone is 1. The molecule has 2 bridgehead atoms. The van der Waals surface area contributed by atoms with Crippen molar-refractivity contribution in [2.24, 2.45) is 28.1 Å². The SMILES string of the molecule is C[C@@H]1CC(=NNC(N)=O)C2=C(C1)C[C@@]1(C)C[C@@H](C)C[C@@]2(O)C1. The Morgan fingerprint density at radius 1 is 1.32 bits per heavy atom. The Labute approximate surface area is 132 Å². The minimum atomic E-state index is -0.793. The molecule has 0 aromatic heterocycles. The number of hydrazone groups is 1. The Morgan fingerprint density at radius 3 is 2.73 bits per heavy atom. The van der Waals surface area contributed by atoms with Gasteiger partial charge in [0.05, 0.1) is 11.3 Å². The first-order valence-electron chi connectivity index (χ1n) is 8.28. The minimum Gasteiger partial charge on any atom is -0.385 e. The number of rotatable bonds is 1. The summed E-state index contributed by atoms with van der Waals surface area (Å²) in [6.45, 7) is 6.72. The quantitative estimate of drug-likeness (QED) is 0.650. The molecular formula is C17H27N3O2. The topological polar surface area (TPSA) is 87.7 Å². The van der Waals surface area contributed by atoms with Crippen LogP contribution in [0.25, 0.3) is 0 Å². The third-order valence-corrected chi connectivity index (χ3v) is 5.43. The summed E-state index contributed by atoms with van der Waals surface area (Å²) >= 11 is 0. The highest BCUT2D eigenvalue weighted by molar-refractivity contribution is 6.04. The summed E-state index contributed by atoms with van der Waals surface area (Å²) in [6.07, 6.45) is 5.60. The van der Waals surface area contributed by atoms with Gasteiger partial charge in [0, 0.05) is 5.57 Å². The highest BCUT2D eigenvalue weighted by Gasteiger charge is 2.52. The van der Waals surface area contributed by atoms with Crippen molar-refractivity contribution in [3.63, 3.8) is 0 Å². The lowest BCUT2D eigenvalue weighted by atomic mass is 9.54. The molecule has 0 saturated heterocycles. The number of primary amides is 1. The van der Waals surface area contributed by atoms with Crippen LogP contribution in [0, 0.1) is 17.3 Å². The molecule has 3 rings (SSSR count). The van der Waals surface area contributed by atoms with E-state index in [4.69, 9.17) is 5.73 Å². The molecule has 1 saturated carbocycles. The number of nitrogens with zero attached hydrogens (tertiary/aromatic N) is 1. The molecule has 4 N–H and O–H groups in total. The zero-order chi connectivity index (χ0) is 16.1. The third-order valence-electron chi connectivity index (χ3n) is 5.43. The monoisotopic (exact) mass is 305 g/mol. The Morgan fingerprint density at radius 2 is 2.05 bits per heavy atom. The molecule has 122 valence electrons. The van der Waals surface area contributed by atoms with Crippen LogP contribution in [-0.4, -0.2) is 22.5 Å². The number of hydrogen-bond donors (Lipinski definition) is 3. The summed E-state index contributed by atoms with van der Waals surface area (Å²) in [5, 5.41) is 15.6. The molecule has 0 aromatic rings. The Kier molecular flexibility index (Phi) is 3.59. The minimum absolute atomic E-state index is 0.185. The predicted molar refractivity (Wildman–Crippen MR) is 86.3 cm³/mol. The van der Waals surface area contributed by atoms with Gasteiger partial charge in [0.25, 0.3) is 0 Å². The molecule has 0 radical (unpaired) electrons. The van der Waals surface area contributed by atoms with Gasteiger partial charge in [-0.3, -0.25) is 0 Å². The molecule has 0 heterocycles. The van der Waals surface area contributed by atoms with Crippen LogP contribution >= 0.6 is 0 Å². The summed E-state index contributed by atoms with van der Waals surface area (Å²) in [7, 11) is 0. The molecule has 3 aliphatic carbocycles. The van der Waals surface area contributed by atoms with Crippen LogP contribution in [-0.2, 0) is 0 Å². The number of aliphatic hydroxyl groups is 1. The Balaban J connectivity index is 2.06. The molecule has 1 fully saturated rings. The third kappa shape index (κ3) is 2.67. The number of nitrogens with one attached hydrogen (secondary N) is 1. The number of hydrogen-bond acceptors (Lipinski definition) is 3. The van der Waals surface area contributed by atoms with E-state index in [0.717, 1.165) is 43.4 Å². The second kappa shape index (κ2) is 5.08. The summed E-state index contributed by atoms with van der Waals surface area (Å²) < 4.78 is 0. The molecule has 0 spiro atoms. The van der Waals surface area contributed by atoms with Crippen LogP contribution in [0.15, 0.2) is 16.2 Å². The first-order chi connectivity index (χ1) is 10.2. The van der Waals surface area contributed by atoms with Crippen molar-refractivity contribution in [1.29, 1.82) is 0 Å². The van der Waals surface area contributed by atoms with Gasteiger partial charge in [-0.25, -0.2) is 10.2 Å². The molecule has 0 unspecified atom stereocenters. The van der Waals surface area contributed by atoms with E-state index in [1.165, 1.54) is 12.0 Å². The number of urea groups is 1. The van der Waals surface area contributed by atoms with Crippen LogP contribution in [0.4, 0.5) is 4.79 Å². The van der Waals surface area contributed by atoms with Gasteiger partial charge >= 0.3 is 6.03 Å². The van der Waals surface area contributed by atoms with Crippen molar-refractivity contribution in [1.82, 2.24) is 5.43 Å². The van der Waals surface area contributed by atoms with Gasteiger partial charge in [0.1, 0.15) is 0 Å². The van der Waals surface area contributed by atoms with Crippen LogP contribution in [0.3, 0.4) is 0 Å². The summed E-state index contributed by atoms with van der Waals surface area (Å²) in [6, 6.07) is -0.655. The number of amides is 2. The largest absolute Gasteiger partial charge is 0.385 e. The van der Waals surface area contributed by atoms with Gasteiger partial charge in [-0.1, -0.05) is 26.3 Å². The maximum atomic E-state index is 11.4. The Hall–Kier alpha value is -1.36. The van der Waals surface area contributed by atoms with Crippen LogP contribution in [0.5, 0.6) is 0 Å². The predicted octanol–water partition coefficient (Wildman–Crippen LogP) is 2.70. The van der Waals surface area contributed by atoms with E-state index in [1.807, 2.05) is 0 Å². The van der Waals surface area contributed by atoms with Gasteiger partial charge < -0.3 is 10.8 Å². The lowest BCUT2D eigenvalue weighted by Crippen LogP contribution is -2.51. The smallest absolute Gasteiger partial charge is 0.332 e. The fourth-order valence-electron chi connectivity index (χ4n) is 5.39. The summed E-state index contributed by atoms with van der Waals surface area (Å²) in [5.41, 5.74) is 10.1. The van der Waals surface area contributed by atoms with Crippen molar-refractivity contribution in [3.8, 4) is 0 Å². The molecule has 3 aliphatic rings. The highest BCUT2D eigenvalue weighted by Crippen LogP contribution is 2.57. The molecule has 0 aliphatic heterocycles. The number of fused-ring (bicyclic) bond motifs is 3. The van der Waals surface area contributed by atoms with Crippen LogP contribution < -0.4 is 11.2 Å². The molecule has 22 heavy (non-hydrogen) atoms.